The summed E-state index contributed by atoms with van der Waals surface area (Å²) >= 11 is 6.09. The number of aromatic nitrogens is 2. The minimum absolute atomic E-state index is 0.712. The van der Waals surface area contributed by atoms with Gasteiger partial charge in [-0.2, -0.15) is 0 Å². The van der Waals surface area contributed by atoms with Crippen molar-refractivity contribution in [2.24, 2.45) is 0 Å². The minimum Gasteiger partial charge on any atom is -0.399 e. The van der Waals surface area contributed by atoms with E-state index in [1.807, 2.05) is 36.4 Å². The van der Waals surface area contributed by atoms with Crippen LogP contribution in [0.25, 0.3) is 22.4 Å². The number of imidazole rings is 1. The van der Waals surface area contributed by atoms with Gasteiger partial charge in [0.2, 0.25) is 0 Å². The summed E-state index contributed by atoms with van der Waals surface area (Å²) in [6.07, 6.45) is 1.05. The fraction of sp³-hybridized carbons (Fsp3) is 0.235. The van der Waals surface area contributed by atoms with Crippen LogP contribution >= 0.6 is 11.6 Å². The molecule has 3 rings (SSSR count). The fourth-order valence-corrected chi connectivity index (χ4v) is 2.86. The lowest BCUT2D eigenvalue weighted by atomic mass is 10.1. The molecule has 0 aliphatic rings. The van der Waals surface area contributed by atoms with Crippen LogP contribution < -0.4 is 5.73 Å². The number of fused-ring (bicyclic) bond motifs is 1. The highest BCUT2D eigenvalue weighted by Crippen LogP contribution is 2.29. The monoisotopic (exact) mass is 299 g/mol. The number of nitrogens with zero attached hydrogens (tertiary/aromatic N) is 2. The largest absolute Gasteiger partial charge is 0.399 e. The molecule has 21 heavy (non-hydrogen) atoms. The lowest BCUT2D eigenvalue weighted by molar-refractivity contribution is 0.704. The molecule has 0 atom stereocenters. The van der Waals surface area contributed by atoms with E-state index in [2.05, 4.69) is 18.4 Å². The summed E-state index contributed by atoms with van der Waals surface area (Å²) in [7, 11) is 0. The SMILES string of the molecule is CCCn1c(-c2ccc(N)cc2C)nc2cc(Cl)ccc21. The molecule has 0 amide bonds. The Labute approximate surface area is 129 Å². The van der Waals surface area contributed by atoms with E-state index in [1.54, 1.807) is 0 Å². The molecule has 0 bridgehead atoms. The zero-order chi connectivity index (χ0) is 15.0. The minimum atomic E-state index is 0.712. The smallest absolute Gasteiger partial charge is 0.141 e. The first kappa shape index (κ1) is 14.0. The summed E-state index contributed by atoms with van der Waals surface area (Å²) in [5, 5.41) is 0.712. The van der Waals surface area contributed by atoms with Gasteiger partial charge in [-0.05, 0) is 55.3 Å². The van der Waals surface area contributed by atoms with Crippen molar-refractivity contribution >= 4 is 28.3 Å². The van der Waals surface area contributed by atoms with Crippen LogP contribution in [0.15, 0.2) is 36.4 Å². The Balaban J connectivity index is 2.27. The molecule has 0 spiro atoms. The van der Waals surface area contributed by atoms with Gasteiger partial charge in [-0.25, -0.2) is 4.98 Å². The maximum Gasteiger partial charge on any atom is 0.141 e. The highest BCUT2D eigenvalue weighted by molar-refractivity contribution is 6.31. The van der Waals surface area contributed by atoms with Crippen molar-refractivity contribution in [3.63, 3.8) is 0 Å². The van der Waals surface area contributed by atoms with Crippen LogP contribution in [-0.4, -0.2) is 9.55 Å². The first-order valence-corrected chi connectivity index (χ1v) is 7.50. The summed E-state index contributed by atoms with van der Waals surface area (Å²) in [6, 6.07) is 11.8. The molecule has 0 fully saturated rings. The lowest BCUT2D eigenvalue weighted by Crippen LogP contribution is -2.01. The van der Waals surface area contributed by atoms with Crippen molar-refractivity contribution in [3.05, 3.63) is 47.0 Å². The first-order chi connectivity index (χ1) is 10.1. The predicted octanol–water partition coefficient (Wildman–Crippen LogP) is 4.66. The summed E-state index contributed by atoms with van der Waals surface area (Å²) in [5.41, 5.74) is 10.9. The van der Waals surface area contributed by atoms with Gasteiger partial charge >= 0.3 is 0 Å². The van der Waals surface area contributed by atoms with Crippen LogP contribution in [0.3, 0.4) is 0 Å². The fourth-order valence-electron chi connectivity index (χ4n) is 2.70. The Morgan fingerprint density at radius 1 is 1.19 bits per heavy atom. The average Bonchev–Trinajstić information content (AvgIpc) is 2.77. The third-order valence-corrected chi connectivity index (χ3v) is 3.88. The molecular weight excluding hydrogens is 282 g/mol. The van der Waals surface area contributed by atoms with Gasteiger partial charge < -0.3 is 10.3 Å². The van der Waals surface area contributed by atoms with E-state index >= 15 is 0 Å². The molecule has 0 aliphatic carbocycles. The van der Waals surface area contributed by atoms with Crippen molar-refractivity contribution in [1.29, 1.82) is 0 Å². The van der Waals surface area contributed by atoms with Gasteiger partial charge in [0, 0.05) is 22.8 Å². The van der Waals surface area contributed by atoms with E-state index in [0.29, 0.717) is 5.02 Å². The van der Waals surface area contributed by atoms with Crippen molar-refractivity contribution in [2.75, 3.05) is 5.73 Å². The third-order valence-electron chi connectivity index (χ3n) is 3.65. The number of anilines is 1. The van der Waals surface area contributed by atoms with E-state index in [1.165, 1.54) is 0 Å². The van der Waals surface area contributed by atoms with Crippen LogP contribution in [0, 0.1) is 6.92 Å². The second-order valence-electron chi connectivity index (χ2n) is 5.29. The first-order valence-electron chi connectivity index (χ1n) is 7.12. The number of hydrogen-bond donors (Lipinski definition) is 1. The Hall–Kier alpha value is -2.00. The van der Waals surface area contributed by atoms with Crippen LogP contribution in [0.5, 0.6) is 0 Å². The van der Waals surface area contributed by atoms with Crippen LogP contribution in [0.1, 0.15) is 18.9 Å². The van der Waals surface area contributed by atoms with E-state index < -0.39 is 0 Å². The van der Waals surface area contributed by atoms with Gasteiger partial charge in [-0.1, -0.05) is 18.5 Å². The maximum absolute atomic E-state index is 6.09. The Kier molecular flexibility index (Phi) is 3.60. The molecule has 1 aromatic heterocycles. The number of hydrogen-bond acceptors (Lipinski definition) is 2. The standard InChI is InChI=1S/C17H18ClN3/c1-3-8-21-16-7-4-12(18)10-15(16)20-17(21)14-6-5-13(19)9-11(14)2/h4-7,9-10H,3,8,19H2,1-2H3. The molecule has 0 unspecified atom stereocenters. The highest BCUT2D eigenvalue weighted by Gasteiger charge is 2.14. The summed E-state index contributed by atoms with van der Waals surface area (Å²) in [5.74, 6) is 0.978. The number of halogens is 1. The van der Waals surface area contributed by atoms with Crippen LogP contribution in [-0.2, 0) is 6.54 Å². The van der Waals surface area contributed by atoms with Gasteiger partial charge in [0.05, 0.1) is 11.0 Å². The van der Waals surface area contributed by atoms with Crippen molar-refractivity contribution in [3.8, 4) is 11.4 Å². The van der Waals surface area contributed by atoms with Gasteiger partial charge in [0.1, 0.15) is 5.82 Å². The molecule has 4 heteroatoms. The van der Waals surface area contributed by atoms with E-state index in [4.69, 9.17) is 22.3 Å². The summed E-state index contributed by atoms with van der Waals surface area (Å²) in [4.78, 5) is 4.79. The zero-order valence-electron chi connectivity index (χ0n) is 12.2. The molecule has 0 saturated carbocycles. The number of benzene rings is 2. The summed E-state index contributed by atoms with van der Waals surface area (Å²) in [6.45, 7) is 5.16. The second-order valence-corrected chi connectivity index (χ2v) is 5.73. The quantitative estimate of drug-likeness (QED) is 0.715. The topological polar surface area (TPSA) is 43.8 Å². The molecule has 3 nitrogen and oxygen atoms in total. The average molecular weight is 300 g/mol. The van der Waals surface area contributed by atoms with Gasteiger partial charge in [0.15, 0.2) is 0 Å². The Morgan fingerprint density at radius 2 is 2.00 bits per heavy atom. The Bertz CT molecular complexity index is 805. The van der Waals surface area contributed by atoms with Crippen molar-refractivity contribution in [2.45, 2.75) is 26.8 Å². The molecule has 108 valence electrons. The van der Waals surface area contributed by atoms with E-state index in [9.17, 15) is 0 Å². The maximum atomic E-state index is 6.09. The van der Waals surface area contributed by atoms with E-state index in [0.717, 1.165) is 46.6 Å². The molecule has 0 aliphatic heterocycles. The van der Waals surface area contributed by atoms with Gasteiger partial charge in [-0.15, -0.1) is 0 Å². The molecule has 2 N–H and O–H groups in total. The van der Waals surface area contributed by atoms with Crippen LogP contribution in [0.4, 0.5) is 5.69 Å². The van der Waals surface area contributed by atoms with E-state index in [-0.39, 0.29) is 0 Å². The molecule has 1 heterocycles. The van der Waals surface area contributed by atoms with Gasteiger partial charge in [0.25, 0.3) is 0 Å². The van der Waals surface area contributed by atoms with Gasteiger partial charge in [-0.3, -0.25) is 0 Å². The predicted molar refractivity (Wildman–Crippen MR) is 89.6 cm³/mol. The molecule has 3 aromatic rings. The van der Waals surface area contributed by atoms with Crippen molar-refractivity contribution < 1.29 is 0 Å². The third kappa shape index (κ3) is 2.49. The number of nitrogens with two attached hydrogens (primary N) is 1. The molecule has 0 saturated heterocycles. The molecular formula is C17H18ClN3. The van der Waals surface area contributed by atoms with Crippen molar-refractivity contribution in [1.82, 2.24) is 9.55 Å². The number of aryl methyl sites for hydroxylation is 2. The zero-order valence-corrected chi connectivity index (χ0v) is 13.0. The highest BCUT2D eigenvalue weighted by atomic mass is 35.5. The lowest BCUT2D eigenvalue weighted by Gasteiger charge is -2.10. The summed E-state index contributed by atoms with van der Waals surface area (Å²) < 4.78 is 2.25. The second kappa shape index (κ2) is 5.41. The molecule has 0 radical (unpaired) electrons. The Morgan fingerprint density at radius 3 is 2.71 bits per heavy atom. The number of rotatable bonds is 3. The van der Waals surface area contributed by atoms with Crippen LogP contribution in [0.2, 0.25) is 5.02 Å². The molecule has 2 aromatic carbocycles. The number of nitrogen functional groups attached to an aromatic ring is 1. The normalized spacial score (nSPS) is 11.2.